The van der Waals surface area contributed by atoms with Crippen LogP contribution in [0.15, 0.2) is 28.7 Å². The number of benzene rings is 1. The lowest BCUT2D eigenvalue weighted by atomic mass is 10.0. The second-order valence-electron chi connectivity index (χ2n) is 7.40. The van der Waals surface area contributed by atoms with Crippen LogP contribution in [0.2, 0.25) is 0 Å². The van der Waals surface area contributed by atoms with E-state index in [0.29, 0.717) is 19.6 Å². The molecule has 1 aromatic carbocycles. The lowest BCUT2D eigenvalue weighted by Gasteiger charge is -2.39. The summed E-state index contributed by atoms with van der Waals surface area (Å²) >= 11 is 3.48. The maximum Gasteiger partial charge on any atom is 0.318 e. The molecular formula is C19H24BrN5O2. The van der Waals surface area contributed by atoms with E-state index in [1.54, 1.807) is 4.90 Å². The smallest absolute Gasteiger partial charge is 0.318 e. The van der Waals surface area contributed by atoms with Crippen LogP contribution < -0.4 is 11.1 Å². The number of H-pyrrole nitrogens is 1. The van der Waals surface area contributed by atoms with E-state index in [-0.39, 0.29) is 18.1 Å². The first kappa shape index (κ1) is 18.2. The van der Waals surface area contributed by atoms with Gasteiger partial charge in [0.1, 0.15) is 0 Å². The van der Waals surface area contributed by atoms with Crippen LogP contribution in [-0.2, 0) is 6.54 Å². The third kappa shape index (κ3) is 4.05. The highest BCUT2D eigenvalue weighted by atomic mass is 79.9. The summed E-state index contributed by atoms with van der Waals surface area (Å²) in [5, 5.41) is 4.16. The predicted octanol–water partition coefficient (Wildman–Crippen LogP) is 3.15. The number of hydrogen-bond donors (Lipinski definition) is 3. The molecule has 1 atom stereocenters. The number of aromatic nitrogens is 1. The Morgan fingerprint density at radius 2 is 2.07 bits per heavy atom. The number of amides is 4. The molecule has 2 aliphatic rings. The quantitative estimate of drug-likeness (QED) is 0.690. The molecule has 1 saturated heterocycles. The molecule has 1 aliphatic heterocycles. The lowest BCUT2D eigenvalue weighted by molar-refractivity contribution is 0.118. The number of hydrogen-bond acceptors (Lipinski definition) is 2. The lowest BCUT2D eigenvalue weighted by Crippen LogP contribution is -2.55. The van der Waals surface area contributed by atoms with Crippen LogP contribution in [-0.4, -0.2) is 52.0 Å². The molecule has 1 saturated carbocycles. The monoisotopic (exact) mass is 433 g/mol. The summed E-state index contributed by atoms with van der Waals surface area (Å²) < 4.78 is 1.03. The molecule has 1 aromatic heterocycles. The van der Waals surface area contributed by atoms with Gasteiger partial charge in [0.15, 0.2) is 0 Å². The van der Waals surface area contributed by atoms with Crippen LogP contribution in [0.4, 0.5) is 9.59 Å². The number of nitrogens with one attached hydrogen (secondary N) is 2. The molecule has 0 unspecified atom stereocenters. The average Bonchev–Trinajstić information content (AvgIpc) is 3.39. The fourth-order valence-electron chi connectivity index (χ4n) is 3.89. The fourth-order valence-corrected chi connectivity index (χ4v) is 4.26. The molecule has 2 fully saturated rings. The van der Waals surface area contributed by atoms with Gasteiger partial charge in [-0.15, -0.1) is 0 Å². The third-order valence-electron chi connectivity index (χ3n) is 5.34. The van der Waals surface area contributed by atoms with Crippen molar-refractivity contribution in [3.05, 3.63) is 34.4 Å². The average molecular weight is 434 g/mol. The number of urea groups is 2. The van der Waals surface area contributed by atoms with Gasteiger partial charge in [0.05, 0.1) is 12.6 Å². The summed E-state index contributed by atoms with van der Waals surface area (Å²) in [5.41, 5.74) is 7.45. The van der Waals surface area contributed by atoms with Gasteiger partial charge in [-0.3, -0.25) is 0 Å². The van der Waals surface area contributed by atoms with Gasteiger partial charge in [-0.1, -0.05) is 15.9 Å². The van der Waals surface area contributed by atoms with Crippen molar-refractivity contribution in [1.29, 1.82) is 0 Å². The Morgan fingerprint density at radius 3 is 2.81 bits per heavy atom. The molecule has 0 radical (unpaired) electrons. The molecule has 1 aliphatic carbocycles. The van der Waals surface area contributed by atoms with Gasteiger partial charge in [-0.2, -0.15) is 0 Å². The number of piperidine rings is 1. The zero-order chi connectivity index (χ0) is 19.0. The van der Waals surface area contributed by atoms with Crippen molar-refractivity contribution in [1.82, 2.24) is 20.1 Å². The minimum Gasteiger partial charge on any atom is -0.357 e. The molecule has 0 bridgehead atoms. The fraction of sp³-hybridized carbons (Fsp3) is 0.474. The number of nitrogens with two attached hydrogens (primary N) is 1. The first-order chi connectivity index (χ1) is 13.0. The van der Waals surface area contributed by atoms with Crippen molar-refractivity contribution in [3.8, 4) is 0 Å². The maximum absolute atomic E-state index is 12.9. The van der Waals surface area contributed by atoms with E-state index in [1.165, 1.54) is 0 Å². The molecule has 0 spiro atoms. The minimum absolute atomic E-state index is 0.0393. The Balaban J connectivity index is 1.42. The van der Waals surface area contributed by atoms with Gasteiger partial charge in [0.25, 0.3) is 0 Å². The number of primary amides is 1. The summed E-state index contributed by atoms with van der Waals surface area (Å²) in [7, 11) is 0. The second kappa shape index (κ2) is 7.42. The van der Waals surface area contributed by atoms with E-state index < -0.39 is 6.03 Å². The molecule has 2 aromatic rings. The molecule has 4 amide bonds. The van der Waals surface area contributed by atoms with Crippen molar-refractivity contribution < 1.29 is 9.59 Å². The Hall–Kier alpha value is -2.22. The molecule has 8 heteroatoms. The van der Waals surface area contributed by atoms with Crippen LogP contribution in [0.25, 0.3) is 10.9 Å². The number of fused-ring (bicyclic) bond motifs is 1. The molecule has 27 heavy (non-hydrogen) atoms. The van der Waals surface area contributed by atoms with Crippen molar-refractivity contribution in [2.24, 2.45) is 5.73 Å². The van der Waals surface area contributed by atoms with Gasteiger partial charge in [0, 0.05) is 40.2 Å². The van der Waals surface area contributed by atoms with Gasteiger partial charge >= 0.3 is 12.1 Å². The van der Waals surface area contributed by atoms with E-state index >= 15 is 0 Å². The van der Waals surface area contributed by atoms with Crippen molar-refractivity contribution in [2.75, 3.05) is 13.1 Å². The molecule has 4 rings (SSSR count). The van der Waals surface area contributed by atoms with Crippen molar-refractivity contribution in [3.63, 3.8) is 0 Å². The molecule has 2 heterocycles. The van der Waals surface area contributed by atoms with E-state index in [0.717, 1.165) is 46.8 Å². The number of rotatable bonds is 4. The van der Waals surface area contributed by atoms with Crippen molar-refractivity contribution >= 4 is 38.9 Å². The summed E-state index contributed by atoms with van der Waals surface area (Å²) in [5.74, 6) is 0. The summed E-state index contributed by atoms with van der Waals surface area (Å²) in [6, 6.07) is 7.96. The van der Waals surface area contributed by atoms with E-state index in [9.17, 15) is 9.59 Å². The summed E-state index contributed by atoms with van der Waals surface area (Å²) in [6.07, 6.45) is 3.84. The van der Waals surface area contributed by atoms with Crippen LogP contribution in [0.5, 0.6) is 0 Å². The SMILES string of the molecule is NC(=O)N1CCC[C@@H](N(C(=O)NCc2cc3cc(Br)ccc3[nH]2)C2CC2)C1. The largest absolute Gasteiger partial charge is 0.357 e. The van der Waals surface area contributed by atoms with Crippen LogP contribution >= 0.6 is 15.9 Å². The normalized spacial score (nSPS) is 19.9. The van der Waals surface area contributed by atoms with E-state index in [1.807, 2.05) is 23.1 Å². The zero-order valence-corrected chi connectivity index (χ0v) is 16.7. The number of likely N-dealkylation sites (tertiary alicyclic amines) is 1. The second-order valence-corrected chi connectivity index (χ2v) is 8.32. The highest BCUT2D eigenvalue weighted by Gasteiger charge is 2.39. The molecule has 144 valence electrons. The van der Waals surface area contributed by atoms with E-state index in [4.69, 9.17) is 5.73 Å². The zero-order valence-electron chi connectivity index (χ0n) is 15.1. The first-order valence-corrected chi connectivity index (χ1v) is 10.2. The highest BCUT2D eigenvalue weighted by Crippen LogP contribution is 2.31. The maximum atomic E-state index is 12.9. The third-order valence-corrected chi connectivity index (χ3v) is 5.84. The first-order valence-electron chi connectivity index (χ1n) is 9.39. The number of halogens is 1. The van der Waals surface area contributed by atoms with Gasteiger partial charge in [-0.05, 0) is 49.9 Å². The number of nitrogens with zero attached hydrogens (tertiary/aromatic N) is 2. The number of aromatic amines is 1. The predicted molar refractivity (Wildman–Crippen MR) is 107 cm³/mol. The molecular weight excluding hydrogens is 410 g/mol. The van der Waals surface area contributed by atoms with Crippen molar-refractivity contribution in [2.45, 2.75) is 44.3 Å². The number of carbonyl (C=O) groups is 2. The Labute approximate surface area is 166 Å². The summed E-state index contributed by atoms with van der Waals surface area (Å²) in [6.45, 7) is 1.65. The highest BCUT2D eigenvalue weighted by molar-refractivity contribution is 9.10. The van der Waals surface area contributed by atoms with Crippen LogP contribution in [0.1, 0.15) is 31.4 Å². The Kier molecular flexibility index (Phi) is 4.99. The van der Waals surface area contributed by atoms with Gasteiger partial charge in [-0.25, -0.2) is 9.59 Å². The Morgan fingerprint density at radius 1 is 1.26 bits per heavy atom. The number of carbonyl (C=O) groups excluding carboxylic acids is 2. The van der Waals surface area contributed by atoms with Crippen LogP contribution in [0, 0.1) is 0 Å². The minimum atomic E-state index is -0.403. The van der Waals surface area contributed by atoms with Gasteiger partial charge in [0.2, 0.25) is 0 Å². The molecule has 4 N–H and O–H groups in total. The van der Waals surface area contributed by atoms with Crippen LogP contribution in [0.3, 0.4) is 0 Å². The Bertz CT molecular complexity index is 863. The van der Waals surface area contributed by atoms with Gasteiger partial charge < -0.3 is 25.8 Å². The topological polar surface area (TPSA) is 94.5 Å². The summed E-state index contributed by atoms with van der Waals surface area (Å²) in [4.78, 5) is 31.3. The molecule has 7 nitrogen and oxygen atoms in total. The van der Waals surface area contributed by atoms with E-state index in [2.05, 4.69) is 32.3 Å². The standard InChI is InChI=1S/C19H24BrN5O2/c20-13-3-6-17-12(8-13)9-14(23-17)10-22-19(27)25(15-4-5-15)16-2-1-7-24(11-16)18(21)26/h3,6,8-9,15-16,23H,1-2,4-5,7,10-11H2,(H2,21,26)(H,22,27)/t16-/m1/s1.